The topological polar surface area (TPSA) is 18.5 Å². The molecule has 0 aromatic rings. The molecule has 0 N–H and O–H groups in total. The van der Waals surface area contributed by atoms with Gasteiger partial charge in [-0.05, 0) is 39.5 Å². The first-order valence-corrected chi connectivity index (χ1v) is 18.9. The Bertz CT molecular complexity index is 433. The lowest BCUT2D eigenvalue weighted by Crippen LogP contribution is -3.00. The molecule has 0 rings (SSSR count). The Morgan fingerprint density at radius 3 is 1.11 bits per heavy atom. The number of methoxy groups -OCH3 is 2. The molecule has 0 aliphatic carbocycles. The van der Waals surface area contributed by atoms with Crippen LogP contribution >= 0.6 is 0 Å². The fourth-order valence-electron chi connectivity index (χ4n) is 5.94. The van der Waals surface area contributed by atoms with Gasteiger partial charge in [0.1, 0.15) is 5.91 Å². The molecular formula is C33H72ClNO2Si. The quantitative estimate of drug-likeness (QED) is 0.0399. The molecule has 0 aliphatic rings. The summed E-state index contributed by atoms with van der Waals surface area (Å²) in [6.07, 6.45) is 31.8. The molecule has 0 aromatic carbocycles. The van der Waals surface area contributed by atoms with Crippen LogP contribution in [-0.2, 0) is 9.47 Å². The van der Waals surface area contributed by atoms with Gasteiger partial charge in [-0.3, -0.25) is 0 Å². The van der Waals surface area contributed by atoms with Gasteiger partial charge in [0.15, 0.2) is 0 Å². The highest BCUT2D eigenvalue weighted by atomic mass is 35.5. The Labute approximate surface area is 249 Å². The van der Waals surface area contributed by atoms with E-state index in [1.807, 2.05) is 0 Å². The molecule has 0 aliphatic heterocycles. The maximum absolute atomic E-state index is 5.33. The molecule has 0 amide bonds. The van der Waals surface area contributed by atoms with Crippen molar-refractivity contribution in [3.05, 3.63) is 0 Å². The van der Waals surface area contributed by atoms with Crippen LogP contribution in [0.2, 0.25) is 6.04 Å². The maximum atomic E-state index is 5.33. The van der Waals surface area contributed by atoms with Crippen LogP contribution in [0, 0.1) is 0 Å². The minimum Gasteiger partial charge on any atom is -1.00 e. The van der Waals surface area contributed by atoms with Gasteiger partial charge >= 0.3 is 0 Å². The van der Waals surface area contributed by atoms with Crippen LogP contribution in [0.1, 0.15) is 162 Å². The van der Waals surface area contributed by atoms with E-state index in [2.05, 4.69) is 20.8 Å². The summed E-state index contributed by atoms with van der Waals surface area (Å²) in [6, 6.07) is 1.36. The number of quaternary nitrogens is 1. The molecule has 38 heavy (non-hydrogen) atoms. The zero-order valence-corrected chi connectivity index (χ0v) is 29.2. The molecule has 0 saturated heterocycles. The van der Waals surface area contributed by atoms with E-state index >= 15 is 0 Å². The molecule has 232 valence electrons. The van der Waals surface area contributed by atoms with E-state index in [4.69, 9.17) is 9.47 Å². The second-order valence-corrected chi connectivity index (χ2v) is 13.8. The summed E-state index contributed by atoms with van der Waals surface area (Å²) in [5, 5.41) is 0. The highest BCUT2D eigenvalue weighted by Gasteiger charge is 2.21. The second kappa shape index (κ2) is 31.9. The minimum atomic E-state index is -0.216. The summed E-state index contributed by atoms with van der Waals surface area (Å²) < 4.78 is 12.0. The van der Waals surface area contributed by atoms with Crippen molar-refractivity contribution >= 4 is 9.52 Å². The van der Waals surface area contributed by atoms with E-state index in [1.165, 1.54) is 178 Å². The number of unbranched alkanes of at least 4 members (excludes halogenated alkanes) is 20. The summed E-state index contributed by atoms with van der Waals surface area (Å²) >= 11 is 0. The van der Waals surface area contributed by atoms with Gasteiger partial charge in [0.05, 0.1) is 35.7 Å². The number of hydrogen-bond acceptors (Lipinski definition) is 2. The Hall–Kier alpha value is 0.387. The first-order chi connectivity index (χ1) is 18.2. The SMILES string of the molecule is CCCCCCCCCCCCCCCCCC[N+](CC)(CC)CCCCCCCC[SiH2]C(OC)OC.[Cl-]. The molecular weight excluding hydrogens is 506 g/mol. The first-order valence-electron chi connectivity index (χ1n) is 17.1. The van der Waals surface area contributed by atoms with Crippen molar-refractivity contribution in [2.75, 3.05) is 40.4 Å². The zero-order chi connectivity index (χ0) is 27.3. The Morgan fingerprint density at radius 2 is 0.789 bits per heavy atom. The van der Waals surface area contributed by atoms with Gasteiger partial charge in [0.25, 0.3) is 0 Å². The molecule has 0 saturated carbocycles. The van der Waals surface area contributed by atoms with Gasteiger partial charge < -0.3 is 26.4 Å². The summed E-state index contributed by atoms with van der Waals surface area (Å²) in [5.74, 6) is 0.128. The predicted octanol–water partition coefficient (Wildman–Crippen LogP) is 6.61. The van der Waals surface area contributed by atoms with Crippen molar-refractivity contribution in [2.24, 2.45) is 0 Å². The normalized spacial score (nSPS) is 12.2. The average Bonchev–Trinajstić information content (AvgIpc) is 2.93. The number of halogens is 1. The van der Waals surface area contributed by atoms with E-state index in [1.54, 1.807) is 14.2 Å². The van der Waals surface area contributed by atoms with Gasteiger partial charge in [-0.25, -0.2) is 0 Å². The Morgan fingerprint density at radius 1 is 0.474 bits per heavy atom. The zero-order valence-electron chi connectivity index (χ0n) is 27.0. The number of hydrogen-bond donors (Lipinski definition) is 0. The van der Waals surface area contributed by atoms with Crippen molar-refractivity contribution in [1.29, 1.82) is 0 Å². The van der Waals surface area contributed by atoms with Crippen molar-refractivity contribution in [2.45, 2.75) is 174 Å². The molecule has 0 spiro atoms. The third kappa shape index (κ3) is 25.4. The fourth-order valence-corrected chi connectivity index (χ4v) is 7.38. The summed E-state index contributed by atoms with van der Waals surface area (Å²) in [4.78, 5) is 0. The van der Waals surface area contributed by atoms with E-state index in [-0.39, 0.29) is 27.8 Å². The lowest BCUT2D eigenvalue weighted by atomic mass is 10.0. The van der Waals surface area contributed by atoms with Crippen molar-refractivity contribution < 1.29 is 26.4 Å². The van der Waals surface area contributed by atoms with Crippen molar-refractivity contribution in [3.8, 4) is 0 Å². The summed E-state index contributed by atoms with van der Waals surface area (Å²) in [5.41, 5.74) is 0. The van der Waals surface area contributed by atoms with Crippen molar-refractivity contribution in [1.82, 2.24) is 0 Å². The smallest absolute Gasteiger partial charge is 0.134 e. The van der Waals surface area contributed by atoms with E-state index in [0.29, 0.717) is 0 Å². The molecule has 0 fully saturated rings. The highest BCUT2D eigenvalue weighted by molar-refractivity contribution is 6.36. The van der Waals surface area contributed by atoms with Crippen LogP contribution in [0.25, 0.3) is 0 Å². The van der Waals surface area contributed by atoms with Gasteiger partial charge in [0.2, 0.25) is 0 Å². The monoisotopic (exact) mass is 578 g/mol. The largest absolute Gasteiger partial charge is 1.00 e. The molecule has 0 bridgehead atoms. The summed E-state index contributed by atoms with van der Waals surface area (Å²) in [6.45, 7) is 12.6. The average molecular weight is 578 g/mol. The molecule has 3 nitrogen and oxygen atoms in total. The number of rotatable bonds is 31. The molecule has 0 unspecified atom stereocenters. The van der Waals surface area contributed by atoms with E-state index in [9.17, 15) is 0 Å². The maximum Gasteiger partial charge on any atom is 0.134 e. The van der Waals surface area contributed by atoms with E-state index < -0.39 is 0 Å². The van der Waals surface area contributed by atoms with Crippen LogP contribution in [0.3, 0.4) is 0 Å². The predicted molar refractivity (Wildman–Crippen MR) is 169 cm³/mol. The van der Waals surface area contributed by atoms with Crippen LogP contribution in [0.15, 0.2) is 0 Å². The highest BCUT2D eigenvalue weighted by Crippen LogP contribution is 2.17. The van der Waals surface area contributed by atoms with Gasteiger partial charge in [0, 0.05) is 14.2 Å². The summed E-state index contributed by atoms with van der Waals surface area (Å²) in [7, 11) is 3.33. The third-order valence-corrected chi connectivity index (χ3v) is 11.0. The molecule has 0 aromatic heterocycles. The van der Waals surface area contributed by atoms with Crippen LogP contribution in [0.4, 0.5) is 0 Å². The molecule has 0 atom stereocenters. The Kier molecular flexibility index (Phi) is 34.0. The lowest BCUT2D eigenvalue weighted by molar-refractivity contribution is -0.925. The molecule has 5 heteroatoms. The molecule has 0 heterocycles. The number of ether oxygens (including phenoxy) is 2. The standard InChI is InChI=1S/C33H72NO2Si.ClH/c1-6-9-10-11-12-13-14-15-16-17-18-19-20-21-24-27-30-34(7-2,8-3)31-28-25-22-23-26-29-32-37-33(35-4)36-5;/h33H,6-32,37H2,1-5H3;1H/q+1;/p-1. The van der Waals surface area contributed by atoms with Gasteiger partial charge in [-0.15, -0.1) is 0 Å². The van der Waals surface area contributed by atoms with E-state index in [0.717, 1.165) is 0 Å². The van der Waals surface area contributed by atoms with Crippen LogP contribution in [-0.4, -0.2) is 60.3 Å². The minimum absolute atomic E-state index is 0. The Balaban J connectivity index is 0. The van der Waals surface area contributed by atoms with Crippen LogP contribution in [0.5, 0.6) is 0 Å². The van der Waals surface area contributed by atoms with Gasteiger partial charge in [-0.2, -0.15) is 0 Å². The lowest BCUT2D eigenvalue weighted by Gasteiger charge is -2.37. The van der Waals surface area contributed by atoms with Gasteiger partial charge in [-0.1, -0.05) is 129 Å². The molecule has 0 radical (unpaired) electrons. The van der Waals surface area contributed by atoms with Crippen molar-refractivity contribution in [3.63, 3.8) is 0 Å². The fraction of sp³-hybridized carbons (Fsp3) is 1.00. The van der Waals surface area contributed by atoms with Crippen LogP contribution < -0.4 is 12.4 Å². The number of nitrogens with zero attached hydrogens (tertiary/aromatic N) is 1. The third-order valence-electron chi connectivity index (χ3n) is 8.93. The second-order valence-electron chi connectivity index (χ2n) is 11.9. The first kappa shape index (κ1) is 40.5.